The smallest absolute Gasteiger partial charge is 0.261 e. The molecular formula is C23H20N6O4S. The molecule has 10 nitrogen and oxygen atoms in total. The molecule has 2 N–H and O–H groups in total. The molecule has 3 heterocycles. The lowest BCUT2D eigenvalue weighted by atomic mass is 10.0. The predicted octanol–water partition coefficient (Wildman–Crippen LogP) is 3.45. The van der Waals surface area contributed by atoms with Crippen molar-refractivity contribution in [1.29, 1.82) is 0 Å². The fourth-order valence-corrected chi connectivity index (χ4v) is 4.68. The number of nitrogens with zero attached hydrogens (tertiary/aromatic N) is 4. The molecule has 1 aliphatic rings. The molecule has 0 atom stereocenters. The topological polar surface area (TPSA) is 128 Å². The maximum Gasteiger partial charge on any atom is 0.261 e. The van der Waals surface area contributed by atoms with Crippen LogP contribution in [0.3, 0.4) is 0 Å². The monoisotopic (exact) mass is 476 g/mol. The summed E-state index contributed by atoms with van der Waals surface area (Å²) in [6, 6.07) is 14.6. The molecule has 0 spiro atoms. The first kappa shape index (κ1) is 21.6. The number of aromatic nitrogens is 4. The SMILES string of the molecule is Cc1nccn1-c1ccc(Oc2ccc(NS(=O)(=O)c3ccc4c(c3)CCC(=O)N4)cc2)nn1. The molecule has 0 bridgehead atoms. The number of ether oxygens (including phenoxy) is 1. The number of hydrogen-bond donors (Lipinski definition) is 2. The highest BCUT2D eigenvalue weighted by Gasteiger charge is 2.20. The molecule has 1 aliphatic heterocycles. The molecule has 1 amide bonds. The van der Waals surface area contributed by atoms with Gasteiger partial charge in [0.05, 0.1) is 4.90 Å². The Bertz CT molecular complexity index is 1460. The number of nitrogens with one attached hydrogen (secondary N) is 2. The van der Waals surface area contributed by atoms with Gasteiger partial charge >= 0.3 is 0 Å². The molecule has 4 aromatic rings. The van der Waals surface area contributed by atoms with Gasteiger partial charge in [-0.15, -0.1) is 10.2 Å². The maximum absolute atomic E-state index is 12.8. The van der Waals surface area contributed by atoms with Gasteiger partial charge in [-0.25, -0.2) is 13.4 Å². The van der Waals surface area contributed by atoms with E-state index in [4.69, 9.17) is 4.74 Å². The van der Waals surface area contributed by atoms with Crippen LogP contribution in [0.1, 0.15) is 17.8 Å². The van der Waals surface area contributed by atoms with Gasteiger partial charge in [0.15, 0.2) is 5.82 Å². The van der Waals surface area contributed by atoms with E-state index in [-0.39, 0.29) is 10.8 Å². The molecule has 2 aromatic heterocycles. The first-order chi connectivity index (χ1) is 16.4. The van der Waals surface area contributed by atoms with Crippen LogP contribution in [-0.4, -0.2) is 34.1 Å². The average molecular weight is 477 g/mol. The van der Waals surface area contributed by atoms with E-state index in [9.17, 15) is 13.2 Å². The van der Waals surface area contributed by atoms with Gasteiger partial charge in [0.1, 0.15) is 11.6 Å². The number of sulfonamides is 1. The number of anilines is 2. The zero-order chi connectivity index (χ0) is 23.7. The number of benzene rings is 2. The molecule has 34 heavy (non-hydrogen) atoms. The Hall–Kier alpha value is -4.25. The van der Waals surface area contributed by atoms with Crippen LogP contribution in [0.15, 0.2) is 71.9 Å². The van der Waals surface area contributed by atoms with Crippen molar-refractivity contribution < 1.29 is 17.9 Å². The van der Waals surface area contributed by atoms with Crippen LogP contribution in [-0.2, 0) is 21.2 Å². The molecule has 172 valence electrons. The summed E-state index contributed by atoms with van der Waals surface area (Å²) in [6.45, 7) is 1.87. The number of imidazole rings is 1. The Kier molecular flexibility index (Phi) is 5.46. The van der Waals surface area contributed by atoms with Gasteiger partial charge in [-0.1, -0.05) is 0 Å². The molecule has 0 saturated carbocycles. The molecule has 5 rings (SSSR count). The summed E-state index contributed by atoms with van der Waals surface area (Å²) in [6.07, 6.45) is 4.31. The number of carbonyl (C=O) groups excluding carboxylic acids is 1. The zero-order valence-corrected chi connectivity index (χ0v) is 18.9. The Morgan fingerprint density at radius 3 is 2.56 bits per heavy atom. The fourth-order valence-electron chi connectivity index (χ4n) is 3.57. The summed E-state index contributed by atoms with van der Waals surface area (Å²) in [4.78, 5) is 15.8. The van der Waals surface area contributed by atoms with Crippen molar-refractivity contribution in [2.75, 3.05) is 10.0 Å². The lowest BCUT2D eigenvalue weighted by Crippen LogP contribution is -2.20. The number of carbonyl (C=O) groups is 1. The standard InChI is InChI=1S/C23H20N6O4S/c1-15-24-12-13-29(15)21-9-11-23(27-26-21)33-18-5-3-17(4-6-18)28-34(31,32)19-7-8-20-16(14-19)2-10-22(30)25-20/h3-9,11-14,28H,2,10H2,1H3,(H,25,30). The van der Waals surface area contributed by atoms with Gasteiger partial charge in [0.25, 0.3) is 10.0 Å². The number of amides is 1. The van der Waals surface area contributed by atoms with Crippen molar-refractivity contribution in [1.82, 2.24) is 19.7 Å². The first-order valence-electron chi connectivity index (χ1n) is 10.4. The van der Waals surface area contributed by atoms with Crippen LogP contribution < -0.4 is 14.8 Å². The Morgan fingerprint density at radius 2 is 1.85 bits per heavy atom. The van der Waals surface area contributed by atoms with Gasteiger partial charge in [0.2, 0.25) is 11.8 Å². The molecule has 0 aliphatic carbocycles. The highest BCUT2D eigenvalue weighted by Crippen LogP contribution is 2.27. The van der Waals surface area contributed by atoms with E-state index in [0.29, 0.717) is 41.7 Å². The van der Waals surface area contributed by atoms with Gasteiger partial charge in [-0.2, -0.15) is 0 Å². The number of aryl methyl sites for hydroxylation is 2. The van der Waals surface area contributed by atoms with Gasteiger partial charge in [-0.3, -0.25) is 14.1 Å². The lowest BCUT2D eigenvalue weighted by Gasteiger charge is -2.18. The molecule has 0 radical (unpaired) electrons. The van der Waals surface area contributed by atoms with Crippen molar-refractivity contribution in [3.8, 4) is 17.4 Å². The summed E-state index contributed by atoms with van der Waals surface area (Å²) in [7, 11) is -3.80. The maximum atomic E-state index is 12.8. The second-order valence-electron chi connectivity index (χ2n) is 7.67. The molecule has 2 aromatic carbocycles. The van der Waals surface area contributed by atoms with E-state index in [0.717, 1.165) is 11.4 Å². The highest BCUT2D eigenvalue weighted by atomic mass is 32.2. The third-order valence-corrected chi connectivity index (χ3v) is 6.69. The van der Waals surface area contributed by atoms with E-state index in [1.807, 2.05) is 6.92 Å². The fraction of sp³-hybridized carbons (Fsp3) is 0.130. The second-order valence-corrected chi connectivity index (χ2v) is 9.36. The summed E-state index contributed by atoms with van der Waals surface area (Å²) >= 11 is 0. The normalized spacial score (nSPS) is 13.1. The third-order valence-electron chi connectivity index (χ3n) is 5.31. The first-order valence-corrected chi connectivity index (χ1v) is 11.9. The Morgan fingerprint density at radius 1 is 1.03 bits per heavy atom. The zero-order valence-electron chi connectivity index (χ0n) is 18.1. The third kappa shape index (κ3) is 4.46. The van der Waals surface area contributed by atoms with E-state index in [1.54, 1.807) is 65.5 Å². The van der Waals surface area contributed by atoms with Crippen molar-refractivity contribution in [2.45, 2.75) is 24.7 Å². The van der Waals surface area contributed by atoms with Crippen LogP contribution in [0.25, 0.3) is 5.82 Å². The quantitative estimate of drug-likeness (QED) is 0.436. The molecule has 11 heteroatoms. The summed E-state index contributed by atoms with van der Waals surface area (Å²) in [5, 5.41) is 11.0. The van der Waals surface area contributed by atoms with Gasteiger partial charge in [0, 0.05) is 36.3 Å². The number of fused-ring (bicyclic) bond motifs is 1. The highest BCUT2D eigenvalue weighted by molar-refractivity contribution is 7.92. The van der Waals surface area contributed by atoms with Gasteiger partial charge in [-0.05, 0) is 67.4 Å². The average Bonchev–Trinajstić information content (AvgIpc) is 3.26. The molecule has 0 fully saturated rings. The van der Waals surface area contributed by atoms with E-state index >= 15 is 0 Å². The van der Waals surface area contributed by atoms with Crippen molar-refractivity contribution in [3.05, 3.63) is 78.4 Å². The summed E-state index contributed by atoms with van der Waals surface area (Å²) < 4.78 is 35.7. The largest absolute Gasteiger partial charge is 0.438 e. The van der Waals surface area contributed by atoms with Crippen LogP contribution in [0.2, 0.25) is 0 Å². The van der Waals surface area contributed by atoms with Crippen LogP contribution in [0.4, 0.5) is 11.4 Å². The van der Waals surface area contributed by atoms with Crippen LogP contribution >= 0.6 is 0 Å². The molecule has 0 unspecified atom stereocenters. The summed E-state index contributed by atoms with van der Waals surface area (Å²) in [5.74, 6) is 2.13. The minimum Gasteiger partial charge on any atom is -0.438 e. The van der Waals surface area contributed by atoms with E-state index in [1.165, 1.54) is 6.07 Å². The van der Waals surface area contributed by atoms with Crippen LogP contribution in [0, 0.1) is 6.92 Å². The predicted molar refractivity (Wildman–Crippen MR) is 125 cm³/mol. The van der Waals surface area contributed by atoms with Crippen molar-refractivity contribution in [2.24, 2.45) is 0 Å². The van der Waals surface area contributed by atoms with Crippen molar-refractivity contribution >= 4 is 27.3 Å². The minimum absolute atomic E-state index is 0.0706. The minimum atomic E-state index is -3.80. The lowest BCUT2D eigenvalue weighted by molar-refractivity contribution is -0.116. The Balaban J connectivity index is 1.26. The van der Waals surface area contributed by atoms with E-state index in [2.05, 4.69) is 25.2 Å². The molecule has 0 saturated heterocycles. The Labute approximate surface area is 195 Å². The summed E-state index contributed by atoms with van der Waals surface area (Å²) in [5.41, 5.74) is 1.82. The number of hydrogen-bond acceptors (Lipinski definition) is 7. The number of rotatable bonds is 6. The second kappa shape index (κ2) is 8.60. The van der Waals surface area contributed by atoms with E-state index < -0.39 is 10.0 Å². The van der Waals surface area contributed by atoms with Crippen molar-refractivity contribution in [3.63, 3.8) is 0 Å². The van der Waals surface area contributed by atoms with Gasteiger partial charge < -0.3 is 10.1 Å². The molecular weight excluding hydrogens is 456 g/mol. The van der Waals surface area contributed by atoms with Crippen LogP contribution in [0.5, 0.6) is 11.6 Å².